The SMILES string of the molecule is CC(C)(C)C(=O)Nc1ccc(C(=O)NCCNC(=O)C2CCN(c3cc(-n4ccnc4)ncn3)CC2)cc1. The minimum atomic E-state index is -0.500. The van der Waals surface area contributed by atoms with Crippen molar-refractivity contribution in [2.24, 2.45) is 11.3 Å². The van der Waals surface area contributed by atoms with Gasteiger partial charge in [0, 0.05) is 67.2 Å². The quantitative estimate of drug-likeness (QED) is 0.390. The van der Waals surface area contributed by atoms with Crippen LogP contribution in [-0.2, 0) is 9.59 Å². The zero-order chi connectivity index (χ0) is 27.1. The van der Waals surface area contributed by atoms with Crippen LogP contribution in [0.2, 0.25) is 0 Å². The number of amides is 3. The van der Waals surface area contributed by atoms with Crippen molar-refractivity contribution in [1.29, 1.82) is 0 Å². The molecule has 11 nitrogen and oxygen atoms in total. The van der Waals surface area contributed by atoms with Crippen molar-refractivity contribution >= 4 is 29.2 Å². The zero-order valence-corrected chi connectivity index (χ0v) is 22.0. The first-order chi connectivity index (χ1) is 18.2. The van der Waals surface area contributed by atoms with Crippen molar-refractivity contribution in [3.63, 3.8) is 0 Å². The first-order valence-corrected chi connectivity index (χ1v) is 12.7. The standard InChI is InChI=1S/C27H34N8O3/c1-27(2,3)26(38)33-21-6-4-19(5-7-21)24(36)29-10-11-30-25(37)20-8-13-34(14-9-20)22-16-23(32-17-31-22)35-15-12-28-18-35/h4-7,12,15-18,20H,8-11,13-14H2,1-3H3,(H,29,36)(H,30,37)(H,33,38). The van der Waals surface area contributed by atoms with Gasteiger partial charge in [0.1, 0.15) is 24.3 Å². The summed E-state index contributed by atoms with van der Waals surface area (Å²) in [6.07, 6.45) is 8.21. The van der Waals surface area contributed by atoms with E-state index in [9.17, 15) is 14.4 Å². The van der Waals surface area contributed by atoms with Gasteiger partial charge in [-0.05, 0) is 37.1 Å². The first kappa shape index (κ1) is 26.8. The van der Waals surface area contributed by atoms with Crippen LogP contribution in [-0.4, -0.2) is 63.4 Å². The lowest BCUT2D eigenvalue weighted by atomic mass is 9.95. The number of aromatic nitrogens is 4. The van der Waals surface area contributed by atoms with E-state index in [1.807, 2.05) is 37.6 Å². The van der Waals surface area contributed by atoms with E-state index in [0.717, 1.165) is 37.6 Å². The summed E-state index contributed by atoms with van der Waals surface area (Å²) in [6.45, 7) is 7.64. The summed E-state index contributed by atoms with van der Waals surface area (Å²) in [5, 5.41) is 8.58. The predicted molar refractivity (Wildman–Crippen MR) is 144 cm³/mol. The number of nitrogens with one attached hydrogen (secondary N) is 3. The molecule has 200 valence electrons. The zero-order valence-electron chi connectivity index (χ0n) is 22.0. The minimum absolute atomic E-state index is 0.000339. The topological polar surface area (TPSA) is 134 Å². The Hall–Kier alpha value is -4.28. The molecule has 1 saturated heterocycles. The van der Waals surface area contributed by atoms with E-state index >= 15 is 0 Å². The molecule has 4 rings (SSSR count). The number of carbonyl (C=O) groups excluding carboxylic acids is 3. The molecule has 1 aliphatic rings. The lowest BCUT2D eigenvalue weighted by molar-refractivity contribution is -0.125. The average molecular weight is 519 g/mol. The van der Waals surface area contributed by atoms with Gasteiger partial charge in [0.25, 0.3) is 5.91 Å². The Kier molecular flexibility index (Phi) is 8.35. The molecule has 0 bridgehead atoms. The van der Waals surface area contributed by atoms with E-state index in [4.69, 9.17) is 0 Å². The second-order valence-corrected chi connectivity index (χ2v) is 10.3. The lowest BCUT2D eigenvalue weighted by Crippen LogP contribution is -2.42. The van der Waals surface area contributed by atoms with Crippen LogP contribution in [0.3, 0.4) is 0 Å². The van der Waals surface area contributed by atoms with E-state index in [1.165, 1.54) is 6.33 Å². The second-order valence-electron chi connectivity index (χ2n) is 10.3. The number of benzene rings is 1. The Balaban J connectivity index is 1.16. The number of hydrogen-bond donors (Lipinski definition) is 3. The van der Waals surface area contributed by atoms with Gasteiger partial charge in [-0.3, -0.25) is 19.0 Å². The van der Waals surface area contributed by atoms with Crippen molar-refractivity contribution < 1.29 is 14.4 Å². The van der Waals surface area contributed by atoms with Gasteiger partial charge >= 0.3 is 0 Å². The van der Waals surface area contributed by atoms with Crippen LogP contribution in [0.4, 0.5) is 11.5 Å². The number of rotatable bonds is 8. The highest BCUT2D eigenvalue weighted by molar-refractivity contribution is 5.97. The lowest BCUT2D eigenvalue weighted by Gasteiger charge is -2.32. The molecule has 0 atom stereocenters. The second kappa shape index (κ2) is 11.8. The summed E-state index contributed by atoms with van der Waals surface area (Å²) in [7, 11) is 0. The largest absolute Gasteiger partial charge is 0.356 e. The molecule has 1 fully saturated rings. The molecule has 38 heavy (non-hydrogen) atoms. The molecule has 3 amide bonds. The Morgan fingerprint density at radius 2 is 1.66 bits per heavy atom. The molecular formula is C27H34N8O3. The Bertz CT molecular complexity index is 1240. The van der Waals surface area contributed by atoms with E-state index in [2.05, 4.69) is 35.8 Å². The fraction of sp³-hybridized carbons (Fsp3) is 0.407. The molecule has 0 unspecified atom stereocenters. The van der Waals surface area contributed by atoms with Crippen molar-refractivity contribution in [2.75, 3.05) is 36.4 Å². The number of imidazole rings is 1. The van der Waals surface area contributed by atoms with Crippen molar-refractivity contribution in [3.8, 4) is 5.82 Å². The molecule has 3 aromatic rings. The molecule has 3 N–H and O–H groups in total. The average Bonchev–Trinajstić information content (AvgIpc) is 3.46. The fourth-order valence-corrected chi connectivity index (χ4v) is 4.05. The van der Waals surface area contributed by atoms with Crippen LogP contribution in [0.15, 0.2) is 55.4 Å². The Morgan fingerprint density at radius 1 is 0.974 bits per heavy atom. The number of piperidine rings is 1. The van der Waals surface area contributed by atoms with Gasteiger partial charge in [-0.1, -0.05) is 20.8 Å². The Morgan fingerprint density at radius 3 is 2.32 bits per heavy atom. The molecule has 0 spiro atoms. The maximum Gasteiger partial charge on any atom is 0.251 e. The maximum atomic E-state index is 12.6. The van der Waals surface area contributed by atoms with Crippen molar-refractivity contribution in [2.45, 2.75) is 33.6 Å². The monoisotopic (exact) mass is 518 g/mol. The summed E-state index contributed by atoms with van der Waals surface area (Å²) in [6, 6.07) is 8.64. The highest BCUT2D eigenvalue weighted by atomic mass is 16.2. The first-order valence-electron chi connectivity index (χ1n) is 12.7. The maximum absolute atomic E-state index is 12.6. The molecule has 1 aliphatic heterocycles. The van der Waals surface area contributed by atoms with Crippen LogP contribution in [0.1, 0.15) is 44.0 Å². The summed E-state index contributed by atoms with van der Waals surface area (Å²) in [5.41, 5.74) is 0.621. The van der Waals surface area contributed by atoms with Gasteiger partial charge in [-0.15, -0.1) is 0 Å². The van der Waals surface area contributed by atoms with Crippen LogP contribution in [0, 0.1) is 11.3 Å². The molecule has 2 aromatic heterocycles. The fourth-order valence-electron chi connectivity index (χ4n) is 4.05. The molecule has 0 saturated carbocycles. The van der Waals surface area contributed by atoms with Gasteiger partial charge < -0.3 is 20.9 Å². The smallest absolute Gasteiger partial charge is 0.251 e. The highest BCUT2D eigenvalue weighted by Crippen LogP contribution is 2.23. The predicted octanol–water partition coefficient (Wildman–Crippen LogP) is 2.41. The van der Waals surface area contributed by atoms with Gasteiger partial charge in [0.15, 0.2) is 0 Å². The summed E-state index contributed by atoms with van der Waals surface area (Å²) >= 11 is 0. The van der Waals surface area contributed by atoms with E-state index < -0.39 is 5.41 Å². The van der Waals surface area contributed by atoms with Crippen LogP contribution in [0.5, 0.6) is 0 Å². The van der Waals surface area contributed by atoms with E-state index in [-0.39, 0.29) is 23.6 Å². The Labute approximate surface area is 222 Å². The minimum Gasteiger partial charge on any atom is -0.356 e. The number of carbonyl (C=O) groups is 3. The van der Waals surface area contributed by atoms with Crippen LogP contribution in [0.25, 0.3) is 5.82 Å². The third-order valence-corrected chi connectivity index (χ3v) is 6.39. The third-order valence-electron chi connectivity index (χ3n) is 6.39. The molecule has 0 radical (unpaired) electrons. The van der Waals surface area contributed by atoms with Crippen molar-refractivity contribution in [3.05, 3.63) is 60.9 Å². The normalized spacial score (nSPS) is 14.1. The van der Waals surface area contributed by atoms with E-state index in [1.54, 1.807) is 36.8 Å². The van der Waals surface area contributed by atoms with Gasteiger partial charge in [-0.2, -0.15) is 0 Å². The summed E-state index contributed by atoms with van der Waals surface area (Å²) < 4.78 is 1.83. The summed E-state index contributed by atoms with van der Waals surface area (Å²) in [4.78, 5) is 52.1. The van der Waals surface area contributed by atoms with Crippen molar-refractivity contribution in [1.82, 2.24) is 30.2 Å². The molecule has 3 heterocycles. The van der Waals surface area contributed by atoms with Gasteiger partial charge in [-0.25, -0.2) is 15.0 Å². The molecule has 11 heteroatoms. The number of anilines is 2. The van der Waals surface area contributed by atoms with Crippen LogP contribution >= 0.6 is 0 Å². The molecule has 1 aromatic carbocycles. The number of nitrogens with zero attached hydrogens (tertiary/aromatic N) is 5. The van der Waals surface area contributed by atoms with Gasteiger partial charge in [0.2, 0.25) is 11.8 Å². The number of hydrogen-bond acceptors (Lipinski definition) is 7. The summed E-state index contributed by atoms with van der Waals surface area (Å²) in [5.74, 6) is 1.17. The van der Waals surface area contributed by atoms with E-state index in [0.29, 0.717) is 24.3 Å². The van der Waals surface area contributed by atoms with Gasteiger partial charge in [0.05, 0.1) is 0 Å². The van der Waals surface area contributed by atoms with Crippen LogP contribution < -0.4 is 20.9 Å². The molecule has 0 aliphatic carbocycles. The highest BCUT2D eigenvalue weighted by Gasteiger charge is 2.26. The molecular weight excluding hydrogens is 484 g/mol. The third kappa shape index (κ3) is 6.93.